The van der Waals surface area contributed by atoms with Crippen LogP contribution in [0.3, 0.4) is 0 Å². The number of benzene rings is 3. The van der Waals surface area contributed by atoms with Gasteiger partial charge in [-0.05, 0) is 54.6 Å². The molecular weight excluding hydrogens is 481 g/mol. The minimum absolute atomic E-state index is 0.161. The number of rotatable bonds is 5. The molecule has 8 heteroatoms. The number of ether oxygens (including phenoxy) is 1. The molecule has 0 N–H and O–H groups in total. The monoisotopic (exact) mass is 497 g/mol. The van der Waals surface area contributed by atoms with Crippen LogP contribution in [0.15, 0.2) is 71.6 Å². The fraction of sp³-hybridized carbons (Fsp3) is 0.0800. The van der Waals surface area contributed by atoms with Crippen molar-refractivity contribution in [2.24, 2.45) is 0 Å². The Balaban J connectivity index is 1.56. The van der Waals surface area contributed by atoms with E-state index in [4.69, 9.17) is 27.9 Å². The molecule has 1 fully saturated rings. The van der Waals surface area contributed by atoms with Crippen LogP contribution in [0, 0.1) is 6.92 Å². The quantitative estimate of drug-likeness (QED) is 0.221. The molecule has 0 radical (unpaired) electrons. The molecule has 1 saturated heterocycles. The van der Waals surface area contributed by atoms with Crippen LogP contribution in [-0.4, -0.2) is 22.0 Å². The normalized spacial score (nSPS) is 14.8. The molecule has 3 aromatic rings. The number of carbonyl (C=O) groups is 3. The second kappa shape index (κ2) is 9.83. The summed E-state index contributed by atoms with van der Waals surface area (Å²) in [5.41, 5.74) is 2.60. The molecule has 0 spiro atoms. The summed E-state index contributed by atoms with van der Waals surface area (Å²) in [7, 11) is 0. The molecule has 0 aliphatic carbocycles. The van der Waals surface area contributed by atoms with Crippen molar-refractivity contribution < 1.29 is 19.1 Å². The maximum absolute atomic E-state index is 12.9. The van der Waals surface area contributed by atoms with Gasteiger partial charge in [0.2, 0.25) is 0 Å². The number of nitrogens with zero attached hydrogens (tertiary/aromatic N) is 1. The average Bonchev–Trinajstić information content (AvgIpc) is 3.04. The van der Waals surface area contributed by atoms with Crippen LogP contribution in [0.2, 0.25) is 10.0 Å². The minimum atomic E-state index is -0.662. The van der Waals surface area contributed by atoms with Gasteiger partial charge in [-0.2, -0.15) is 0 Å². The van der Waals surface area contributed by atoms with Gasteiger partial charge in [-0.3, -0.25) is 14.5 Å². The Bertz CT molecular complexity index is 1290. The van der Waals surface area contributed by atoms with Crippen LogP contribution < -0.4 is 4.74 Å². The van der Waals surface area contributed by atoms with Crippen LogP contribution >= 0.6 is 35.0 Å². The van der Waals surface area contributed by atoms with E-state index in [1.165, 1.54) is 17.0 Å². The van der Waals surface area contributed by atoms with Gasteiger partial charge in [-0.15, -0.1) is 0 Å². The van der Waals surface area contributed by atoms with Crippen molar-refractivity contribution >= 4 is 58.2 Å². The molecule has 1 aliphatic rings. The van der Waals surface area contributed by atoms with Crippen molar-refractivity contribution in [2.75, 3.05) is 0 Å². The molecule has 33 heavy (non-hydrogen) atoms. The maximum atomic E-state index is 12.9. The number of aryl methyl sites for hydroxylation is 1. The summed E-state index contributed by atoms with van der Waals surface area (Å²) in [6, 6.07) is 18.9. The highest BCUT2D eigenvalue weighted by Crippen LogP contribution is 2.35. The zero-order valence-electron chi connectivity index (χ0n) is 17.4. The van der Waals surface area contributed by atoms with Crippen molar-refractivity contribution in [1.29, 1.82) is 0 Å². The molecule has 0 aromatic heterocycles. The van der Waals surface area contributed by atoms with Gasteiger partial charge in [0.05, 0.1) is 22.0 Å². The molecule has 2 amide bonds. The predicted molar refractivity (Wildman–Crippen MR) is 131 cm³/mol. The van der Waals surface area contributed by atoms with Gasteiger partial charge < -0.3 is 4.74 Å². The third kappa shape index (κ3) is 5.30. The molecule has 5 nitrogen and oxygen atoms in total. The van der Waals surface area contributed by atoms with E-state index in [0.29, 0.717) is 10.6 Å². The Labute approximate surface area is 204 Å². The third-order valence-electron chi connectivity index (χ3n) is 4.89. The first-order valence-electron chi connectivity index (χ1n) is 9.89. The number of thioether (sulfide) groups is 1. The van der Waals surface area contributed by atoms with E-state index in [1.807, 2.05) is 31.2 Å². The van der Waals surface area contributed by atoms with Gasteiger partial charge in [0, 0.05) is 10.6 Å². The first kappa shape index (κ1) is 23.1. The lowest BCUT2D eigenvalue weighted by molar-refractivity contribution is -0.123. The maximum Gasteiger partial charge on any atom is 0.345 e. The number of halogens is 2. The van der Waals surface area contributed by atoms with E-state index in [0.717, 1.165) is 22.9 Å². The lowest BCUT2D eigenvalue weighted by Crippen LogP contribution is -2.27. The van der Waals surface area contributed by atoms with E-state index in [-0.39, 0.29) is 33.0 Å². The number of imide groups is 1. The Morgan fingerprint density at radius 2 is 1.76 bits per heavy atom. The highest BCUT2D eigenvalue weighted by atomic mass is 35.5. The van der Waals surface area contributed by atoms with Crippen LogP contribution in [0.5, 0.6) is 5.75 Å². The largest absolute Gasteiger partial charge is 0.422 e. The molecule has 0 unspecified atom stereocenters. The van der Waals surface area contributed by atoms with Crippen molar-refractivity contribution in [3.05, 3.63) is 104 Å². The lowest BCUT2D eigenvalue weighted by Gasteiger charge is -2.12. The molecule has 0 saturated carbocycles. The Hall–Kier alpha value is -3.06. The van der Waals surface area contributed by atoms with E-state index in [2.05, 4.69) is 0 Å². The molecule has 3 aromatic carbocycles. The molecule has 166 valence electrons. The highest BCUT2D eigenvalue weighted by molar-refractivity contribution is 8.18. The third-order valence-corrected chi connectivity index (χ3v) is 6.35. The molecule has 0 atom stereocenters. The topological polar surface area (TPSA) is 63.7 Å². The van der Waals surface area contributed by atoms with E-state index in [9.17, 15) is 14.4 Å². The standard InChI is InChI=1S/C25H17Cl2NO4S/c1-15-6-8-16(9-7-15)14-28-23(29)22(33-25(28)31)12-17-4-2-3-5-21(17)32-24(30)19-11-10-18(26)13-20(19)27/h2-13H,14H2,1H3/b22-12-. The first-order valence-corrected chi connectivity index (χ1v) is 11.5. The second-order valence-electron chi connectivity index (χ2n) is 7.30. The molecule has 1 heterocycles. The highest BCUT2D eigenvalue weighted by Gasteiger charge is 2.35. The summed E-state index contributed by atoms with van der Waals surface area (Å²) >= 11 is 12.8. The summed E-state index contributed by atoms with van der Waals surface area (Å²) in [5.74, 6) is -0.823. The van der Waals surface area contributed by atoms with Crippen LogP contribution in [0.4, 0.5) is 4.79 Å². The van der Waals surface area contributed by atoms with Crippen molar-refractivity contribution in [2.45, 2.75) is 13.5 Å². The van der Waals surface area contributed by atoms with Gasteiger partial charge in [0.25, 0.3) is 11.1 Å². The first-order chi connectivity index (χ1) is 15.8. The number of hydrogen-bond donors (Lipinski definition) is 0. The van der Waals surface area contributed by atoms with Crippen LogP contribution in [-0.2, 0) is 11.3 Å². The predicted octanol–water partition coefficient (Wildman–Crippen LogP) is 6.76. The zero-order valence-corrected chi connectivity index (χ0v) is 19.7. The summed E-state index contributed by atoms with van der Waals surface area (Å²) in [6.07, 6.45) is 1.55. The number of esters is 1. The Morgan fingerprint density at radius 3 is 2.48 bits per heavy atom. The molecule has 0 bridgehead atoms. The summed E-state index contributed by atoms with van der Waals surface area (Å²) in [5, 5.41) is 0.217. The lowest BCUT2D eigenvalue weighted by atomic mass is 10.1. The van der Waals surface area contributed by atoms with Crippen molar-refractivity contribution in [3.63, 3.8) is 0 Å². The van der Waals surface area contributed by atoms with Gasteiger partial charge in [0.1, 0.15) is 5.75 Å². The summed E-state index contributed by atoms with van der Waals surface area (Å²) < 4.78 is 5.53. The zero-order chi connectivity index (χ0) is 23.5. The van der Waals surface area contributed by atoms with Crippen molar-refractivity contribution in [1.82, 2.24) is 4.90 Å². The van der Waals surface area contributed by atoms with Gasteiger partial charge in [-0.25, -0.2) is 4.79 Å². The second-order valence-corrected chi connectivity index (χ2v) is 9.14. The number of carbonyl (C=O) groups excluding carboxylic acids is 3. The number of hydrogen-bond acceptors (Lipinski definition) is 5. The summed E-state index contributed by atoms with van der Waals surface area (Å²) in [6.45, 7) is 2.16. The van der Waals surface area contributed by atoms with E-state index < -0.39 is 11.9 Å². The van der Waals surface area contributed by atoms with Gasteiger partial charge >= 0.3 is 5.97 Å². The van der Waals surface area contributed by atoms with E-state index in [1.54, 1.807) is 36.4 Å². The average molecular weight is 498 g/mol. The fourth-order valence-electron chi connectivity index (χ4n) is 3.16. The van der Waals surface area contributed by atoms with Crippen molar-refractivity contribution in [3.8, 4) is 5.75 Å². The number of amides is 2. The van der Waals surface area contributed by atoms with Gasteiger partial charge in [-0.1, -0.05) is 71.2 Å². The molecule has 1 aliphatic heterocycles. The fourth-order valence-corrected chi connectivity index (χ4v) is 4.47. The number of para-hydroxylation sites is 1. The minimum Gasteiger partial charge on any atom is -0.422 e. The van der Waals surface area contributed by atoms with Crippen LogP contribution in [0.25, 0.3) is 6.08 Å². The van der Waals surface area contributed by atoms with Gasteiger partial charge in [0.15, 0.2) is 0 Å². The molecular formula is C25H17Cl2NO4S. The Morgan fingerprint density at radius 1 is 1.03 bits per heavy atom. The SMILES string of the molecule is Cc1ccc(CN2C(=O)S/C(=C\c3ccccc3OC(=O)c3ccc(Cl)cc3Cl)C2=O)cc1. The van der Waals surface area contributed by atoms with E-state index >= 15 is 0 Å². The molecule has 4 rings (SSSR count). The van der Waals surface area contributed by atoms with Crippen LogP contribution in [0.1, 0.15) is 27.0 Å². The Kier molecular flexibility index (Phi) is 6.88. The summed E-state index contributed by atoms with van der Waals surface area (Å²) in [4.78, 5) is 39.5. The smallest absolute Gasteiger partial charge is 0.345 e.